The van der Waals surface area contributed by atoms with Crippen molar-refractivity contribution in [2.45, 2.75) is 12.8 Å². The second kappa shape index (κ2) is 6.57. The van der Waals surface area contributed by atoms with E-state index in [2.05, 4.69) is 27.8 Å². The van der Waals surface area contributed by atoms with Crippen LogP contribution in [0.1, 0.15) is 17.5 Å². The number of halogens is 2. The van der Waals surface area contributed by atoms with Gasteiger partial charge < -0.3 is 5.11 Å². The molecule has 0 aliphatic carbocycles. The first-order valence-corrected chi connectivity index (χ1v) is 6.18. The quantitative estimate of drug-likeness (QED) is 0.688. The van der Waals surface area contributed by atoms with Crippen LogP contribution in [0, 0.1) is 11.8 Å². The summed E-state index contributed by atoms with van der Waals surface area (Å²) in [7, 11) is 0. The SMILES string of the molecule is O=C(O)Cc1ccc(Cl)cc1C#CCCBr. The molecular formula is C12H10BrClO2. The number of carbonyl (C=O) groups is 1. The van der Waals surface area contributed by atoms with Gasteiger partial charge in [-0.15, -0.1) is 0 Å². The Morgan fingerprint density at radius 1 is 1.50 bits per heavy atom. The molecule has 16 heavy (non-hydrogen) atoms. The smallest absolute Gasteiger partial charge is 0.307 e. The predicted molar refractivity (Wildman–Crippen MR) is 68.1 cm³/mol. The van der Waals surface area contributed by atoms with Gasteiger partial charge in [0.15, 0.2) is 0 Å². The number of rotatable bonds is 3. The van der Waals surface area contributed by atoms with E-state index in [1.807, 2.05) is 0 Å². The average Bonchev–Trinajstić information content (AvgIpc) is 2.22. The lowest BCUT2D eigenvalue weighted by Crippen LogP contribution is -2.02. The third-order valence-electron chi connectivity index (χ3n) is 1.86. The largest absolute Gasteiger partial charge is 0.481 e. The minimum Gasteiger partial charge on any atom is -0.481 e. The first-order valence-electron chi connectivity index (χ1n) is 4.68. The van der Waals surface area contributed by atoms with Gasteiger partial charge in [0.1, 0.15) is 0 Å². The molecule has 0 aliphatic heterocycles. The van der Waals surface area contributed by atoms with Crippen LogP contribution in [0.4, 0.5) is 0 Å². The summed E-state index contributed by atoms with van der Waals surface area (Å²) in [6.07, 6.45) is 0.689. The van der Waals surface area contributed by atoms with Crippen LogP contribution in [-0.4, -0.2) is 16.4 Å². The van der Waals surface area contributed by atoms with Crippen molar-refractivity contribution >= 4 is 33.5 Å². The lowest BCUT2D eigenvalue weighted by Gasteiger charge is -2.01. The molecule has 0 unspecified atom stereocenters. The summed E-state index contributed by atoms with van der Waals surface area (Å²) in [5, 5.41) is 10.1. The summed E-state index contributed by atoms with van der Waals surface area (Å²) < 4.78 is 0. The van der Waals surface area contributed by atoms with Crippen LogP contribution in [-0.2, 0) is 11.2 Å². The molecular weight excluding hydrogens is 291 g/mol. The van der Waals surface area contributed by atoms with Crippen molar-refractivity contribution in [1.29, 1.82) is 0 Å². The Morgan fingerprint density at radius 2 is 2.25 bits per heavy atom. The van der Waals surface area contributed by atoms with E-state index in [9.17, 15) is 4.79 Å². The zero-order valence-corrected chi connectivity index (χ0v) is 10.8. The van der Waals surface area contributed by atoms with E-state index in [-0.39, 0.29) is 6.42 Å². The van der Waals surface area contributed by atoms with Crippen molar-refractivity contribution in [3.63, 3.8) is 0 Å². The van der Waals surface area contributed by atoms with E-state index in [4.69, 9.17) is 16.7 Å². The Balaban J connectivity index is 2.99. The molecule has 2 nitrogen and oxygen atoms in total. The highest BCUT2D eigenvalue weighted by atomic mass is 79.9. The van der Waals surface area contributed by atoms with E-state index in [0.717, 1.165) is 11.8 Å². The van der Waals surface area contributed by atoms with Gasteiger partial charge in [-0.25, -0.2) is 0 Å². The third kappa shape index (κ3) is 4.26. The van der Waals surface area contributed by atoms with Gasteiger partial charge in [0.05, 0.1) is 6.42 Å². The van der Waals surface area contributed by atoms with E-state index in [0.29, 0.717) is 16.1 Å². The van der Waals surface area contributed by atoms with Crippen molar-refractivity contribution in [2.24, 2.45) is 0 Å². The fourth-order valence-electron chi connectivity index (χ4n) is 1.19. The van der Waals surface area contributed by atoms with Gasteiger partial charge in [0.25, 0.3) is 0 Å². The van der Waals surface area contributed by atoms with E-state index >= 15 is 0 Å². The second-order valence-electron chi connectivity index (χ2n) is 3.11. The fourth-order valence-corrected chi connectivity index (χ4v) is 1.56. The van der Waals surface area contributed by atoms with Crippen LogP contribution in [0.25, 0.3) is 0 Å². The monoisotopic (exact) mass is 300 g/mol. The molecule has 84 valence electrons. The molecule has 0 bridgehead atoms. The number of benzene rings is 1. The molecule has 4 heteroatoms. The Labute approximate surface area is 108 Å². The predicted octanol–water partition coefficient (Wildman–Crippen LogP) is 3.10. The molecule has 0 radical (unpaired) electrons. The maximum atomic E-state index is 10.6. The molecule has 1 N–H and O–H groups in total. The molecule has 1 rings (SSSR count). The molecule has 0 spiro atoms. The Hall–Kier alpha value is -0.980. The molecule has 0 saturated heterocycles. The van der Waals surface area contributed by atoms with Gasteiger partial charge in [-0.1, -0.05) is 45.4 Å². The lowest BCUT2D eigenvalue weighted by molar-refractivity contribution is -0.136. The number of carboxylic acids is 1. The molecule has 0 atom stereocenters. The minimum atomic E-state index is -0.870. The van der Waals surface area contributed by atoms with Crippen LogP contribution in [0.5, 0.6) is 0 Å². The first-order chi connectivity index (χ1) is 7.63. The Kier molecular flexibility index (Phi) is 5.37. The highest BCUT2D eigenvalue weighted by Gasteiger charge is 2.05. The van der Waals surface area contributed by atoms with Crippen LogP contribution >= 0.6 is 27.5 Å². The molecule has 0 aromatic heterocycles. The Bertz CT molecular complexity index is 446. The van der Waals surface area contributed by atoms with Gasteiger partial charge in [0.2, 0.25) is 0 Å². The van der Waals surface area contributed by atoms with Gasteiger partial charge in [0, 0.05) is 22.3 Å². The summed E-state index contributed by atoms with van der Waals surface area (Å²) in [5.74, 6) is 5.01. The van der Waals surface area contributed by atoms with Crippen molar-refractivity contribution in [3.8, 4) is 11.8 Å². The van der Waals surface area contributed by atoms with Crippen LogP contribution in [0.2, 0.25) is 5.02 Å². The summed E-state index contributed by atoms with van der Waals surface area (Å²) in [6, 6.07) is 5.07. The van der Waals surface area contributed by atoms with Crippen molar-refractivity contribution in [2.75, 3.05) is 5.33 Å². The van der Waals surface area contributed by atoms with E-state index in [1.54, 1.807) is 18.2 Å². The molecule has 0 aliphatic rings. The lowest BCUT2D eigenvalue weighted by atomic mass is 10.0. The number of aliphatic carboxylic acids is 1. The summed E-state index contributed by atoms with van der Waals surface area (Å²) >= 11 is 9.12. The van der Waals surface area contributed by atoms with Crippen molar-refractivity contribution in [1.82, 2.24) is 0 Å². The van der Waals surface area contributed by atoms with E-state index < -0.39 is 5.97 Å². The minimum absolute atomic E-state index is 0.0322. The van der Waals surface area contributed by atoms with Gasteiger partial charge in [-0.2, -0.15) is 0 Å². The first kappa shape index (κ1) is 13.1. The maximum absolute atomic E-state index is 10.6. The third-order valence-corrected chi connectivity index (χ3v) is 2.49. The van der Waals surface area contributed by atoms with Crippen LogP contribution in [0.3, 0.4) is 0 Å². The van der Waals surface area contributed by atoms with Gasteiger partial charge in [-0.3, -0.25) is 4.79 Å². The standard InChI is InChI=1S/C12H10BrClO2/c13-6-2-1-3-9-7-11(14)5-4-10(9)8-12(15)16/h4-5,7H,2,6,8H2,(H,15,16). The topological polar surface area (TPSA) is 37.3 Å². The van der Waals surface area contributed by atoms with Crippen molar-refractivity contribution < 1.29 is 9.90 Å². The summed E-state index contributed by atoms with van der Waals surface area (Å²) in [6.45, 7) is 0. The zero-order chi connectivity index (χ0) is 12.0. The molecule has 1 aromatic rings. The van der Waals surface area contributed by atoms with Gasteiger partial charge >= 0.3 is 5.97 Å². The van der Waals surface area contributed by atoms with Crippen LogP contribution in [0.15, 0.2) is 18.2 Å². The molecule has 0 saturated carbocycles. The molecule has 0 fully saturated rings. The maximum Gasteiger partial charge on any atom is 0.307 e. The number of hydrogen-bond acceptors (Lipinski definition) is 1. The summed E-state index contributed by atoms with van der Waals surface area (Å²) in [5.41, 5.74) is 1.38. The molecule has 0 heterocycles. The second-order valence-corrected chi connectivity index (χ2v) is 4.34. The van der Waals surface area contributed by atoms with Crippen molar-refractivity contribution in [3.05, 3.63) is 34.3 Å². The zero-order valence-electron chi connectivity index (χ0n) is 8.46. The highest BCUT2D eigenvalue weighted by molar-refractivity contribution is 9.09. The van der Waals surface area contributed by atoms with Crippen LogP contribution < -0.4 is 0 Å². The number of alkyl halides is 1. The van der Waals surface area contributed by atoms with E-state index in [1.165, 1.54) is 0 Å². The molecule has 1 aromatic carbocycles. The number of carboxylic acid groups (broad SMARTS) is 1. The normalized spacial score (nSPS) is 9.38. The van der Waals surface area contributed by atoms with Gasteiger partial charge in [-0.05, 0) is 17.7 Å². The molecule has 0 amide bonds. The summed E-state index contributed by atoms with van der Waals surface area (Å²) in [4.78, 5) is 10.6. The average molecular weight is 302 g/mol. The highest BCUT2D eigenvalue weighted by Crippen LogP contribution is 2.16. The Morgan fingerprint density at radius 3 is 2.88 bits per heavy atom. The fraction of sp³-hybridized carbons (Fsp3) is 0.250. The number of hydrogen-bond donors (Lipinski definition) is 1.